The summed E-state index contributed by atoms with van der Waals surface area (Å²) in [5.74, 6) is 0.446. The molecule has 0 aromatic heterocycles. The number of nitrogens with one attached hydrogen (secondary N) is 1. The summed E-state index contributed by atoms with van der Waals surface area (Å²) in [5.41, 5.74) is 2.06. The molecule has 1 N–H and O–H groups in total. The topological polar surface area (TPSA) is 21.3 Å². The second-order valence-corrected chi connectivity index (χ2v) is 4.85. The van der Waals surface area contributed by atoms with Crippen molar-refractivity contribution in [1.82, 2.24) is 5.32 Å². The fourth-order valence-electron chi connectivity index (χ4n) is 2.78. The third-order valence-electron chi connectivity index (χ3n) is 3.71. The number of benzene rings is 1. The van der Waals surface area contributed by atoms with Crippen molar-refractivity contribution in [3.8, 4) is 5.75 Å². The first-order valence-corrected chi connectivity index (χ1v) is 6.22. The highest BCUT2D eigenvalue weighted by Gasteiger charge is 2.33. The molecule has 1 atom stereocenters. The van der Waals surface area contributed by atoms with Crippen LogP contribution in [-0.4, -0.2) is 13.7 Å². The Morgan fingerprint density at radius 1 is 1.47 bits per heavy atom. The SMILES string of the molecule is CCc1c(OC)cc(F)cc1C1(C)CCCN1. The molecular weight excluding hydrogens is 217 g/mol. The number of hydrogen-bond acceptors (Lipinski definition) is 2. The molecule has 1 fully saturated rings. The van der Waals surface area contributed by atoms with Crippen molar-refractivity contribution in [2.45, 2.75) is 38.6 Å². The van der Waals surface area contributed by atoms with Gasteiger partial charge in [0.1, 0.15) is 11.6 Å². The molecule has 0 radical (unpaired) electrons. The Labute approximate surface area is 102 Å². The summed E-state index contributed by atoms with van der Waals surface area (Å²) in [6, 6.07) is 3.13. The molecule has 94 valence electrons. The lowest BCUT2D eigenvalue weighted by atomic mass is 9.85. The van der Waals surface area contributed by atoms with Gasteiger partial charge < -0.3 is 10.1 Å². The van der Waals surface area contributed by atoms with E-state index in [0.717, 1.165) is 36.9 Å². The van der Waals surface area contributed by atoms with Gasteiger partial charge in [-0.05, 0) is 49.9 Å². The molecule has 1 unspecified atom stereocenters. The zero-order valence-corrected chi connectivity index (χ0v) is 10.8. The van der Waals surface area contributed by atoms with E-state index in [9.17, 15) is 4.39 Å². The van der Waals surface area contributed by atoms with Gasteiger partial charge in [0.2, 0.25) is 0 Å². The van der Waals surface area contributed by atoms with Crippen LogP contribution >= 0.6 is 0 Å². The van der Waals surface area contributed by atoms with E-state index in [1.807, 2.05) is 0 Å². The molecule has 0 aliphatic carbocycles. The van der Waals surface area contributed by atoms with E-state index in [1.54, 1.807) is 13.2 Å². The van der Waals surface area contributed by atoms with Crippen molar-refractivity contribution >= 4 is 0 Å². The molecule has 2 rings (SSSR count). The molecule has 0 saturated carbocycles. The number of hydrogen-bond donors (Lipinski definition) is 1. The second kappa shape index (κ2) is 4.65. The molecule has 0 spiro atoms. The van der Waals surface area contributed by atoms with Gasteiger partial charge in [0.25, 0.3) is 0 Å². The molecular formula is C14H20FNO. The first kappa shape index (κ1) is 12.4. The number of methoxy groups -OCH3 is 1. The highest BCUT2D eigenvalue weighted by molar-refractivity contribution is 5.44. The Bertz CT molecular complexity index is 411. The highest BCUT2D eigenvalue weighted by Crippen LogP contribution is 2.37. The Morgan fingerprint density at radius 3 is 2.76 bits per heavy atom. The first-order valence-electron chi connectivity index (χ1n) is 6.22. The Kier molecular flexibility index (Phi) is 3.38. The lowest BCUT2D eigenvalue weighted by molar-refractivity contribution is 0.391. The minimum absolute atomic E-state index is 0.110. The number of ether oxygens (including phenoxy) is 1. The zero-order valence-electron chi connectivity index (χ0n) is 10.8. The van der Waals surface area contributed by atoms with E-state index in [2.05, 4.69) is 19.2 Å². The number of halogens is 1. The summed E-state index contributed by atoms with van der Waals surface area (Å²) in [7, 11) is 1.60. The Hall–Kier alpha value is -1.09. The van der Waals surface area contributed by atoms with Gasteiger partial charge in [-0.1, -0.05) is 6.92 Å². The van der Waals surface area contributed by atoms with Crippen LogP contribution in [0.25, 0.3) is 0 Å². The van der Waals surface area contributed by atoms with E-state index in [-0.39, 0.29) is 11.4 Å². The van der Waals surface area contributed by atoms with Crippen LogP contribution in [0.4, 0.5) is 4.39 Å². The average Bonchev–Trinajstić information content (AvgIpc) is 2.76. The first-order chi connectivity index (χ1) is 8.10. The summed E-state index contributed by atoms with van der Waals surface area (Å²) in [4.78, 5) is 0. The molecule has 3 heteroatoms. The van der Waals surface area contributed by atoms with E-state index in [4.69, 9.17) is 4.74 Å². The van der Waals surface area contributed by atoms with E-state index >= 15 is 0 Å². The van der Waals surface area contributed by atoms with Crippen LogP contribution in [-0.2, 0) is 12.0 Å². The van der Waals surface area contributed by atoms with Gasteiger partial charge in [0.05, 0.1) is 7.11 Å². The minimum atomic E-state index is -0.219. The standard InChI is InChI=1S/C14H20FNO/c1-4-11-12(14(2)6-5-7-16-14)8-10(15)9-13(11)17-3/h8-9,16H,4-7H2,1-3H3. The monoisotopic (exact) mass is 237 g/mol. The van der Waals surface area contributed by atoms with Gasteiger partial charge in [-0.25, -0.2) is 4.39 Å². The van der Waals surface area contributed by atoms with Crippen molar-refractivity contribution in [2.24, 2.45) is 0 Å². The van der Waals surface area contributed by atoms with E-state index < -0.39 is 0 Å². The molecule has 2 nitrogen and oxygen atoms in total. The van der Waals surface area contributed by atoms with Crippen LogP contribution in [0, 0.1) is 5.82 Å². The molecule has 0 amide bonds. The van der Waals surface area contributed by atoms with Crippen LogP contribution in [0.1, 0.15) is 37.8 Å². The molecule has 1 saturated heterocycles. The zero-order chi connectivity index (χ0) is 12.5. The Morgan fingerprint density at radius 2 is 2.24 bits per heavy atom. The molecule has 1 aliphatic heterocycles. The van der Waals surface area contributed by atoms with Crippen molar-refractivity contribution in [2.75, 3.05) is 13.7 Å². The summed E-state index contributed by atoms with van der Waals surface area (Å²) in [6.45, 7) is 5.23. The molecule has 0 bridgehead atoms. The highest BCUT2D eigenvalue weighted by atomic mass is 19.1. The fourth-order valence-corrected chi connectivity index (χ4v) is 2.78. The van der Waals surface area contributed by atoms with Crippen LogP contribution in [0.2, 0.25) is 0 Å². The summed E-state index contributed by atoms with van der Waals surface area (Å²) >= 11 is 0. The van der Waals surface area contributed by atoms with Crippen molar-refractivity contribution in [1.29, 1.82) is 0 Å². The van der Waals surface area contributed by atoms with Crippen LogP contribution in [0.5, 0.6) is 5.75 Å². The third kappa shape index (κ3) is 2.16. The smallest absolute Gasteiger partial charge is 0.127 e. The van der Waals surface area contributed by atoms with Crippen molar-refractivity contribution < 1.29 is 9.13 Å². The molecule has 1 heterocycles. The predicted molar refractivity (Wildman–Crippen MR) is 66.9 cm³/mol. The van der Waals surface area contributed by atoms with Crippen molar-refractivity contribution in [3.63, 3.8) is 0 Å². The summed E-state index contributed by atoms with van der Waals surface area (Å²) in [5, 5.41) is 3.48. The largest absolute Gasteiger partial charge is 0.496 e. The second-order valence-electron chi connectivity index (χ2n) is 4.85. The maximum Gasteiger partial charge on any atom is 0.127 e. The normalized spacial score (nSPS) is 24.0. The third-order valence-corrected chi connectivity index (χ3v) is 3.71. The van der Waals surface area contributed by atoms with Crippen LogP contribution in [0.15, 0.2) is 12.1 Å². The maximum absolute atomic E-state index is 13.6. The van der Waals surface area contributed by atoms with Gasteiger partial charge in [0.15, 0.2) is 0 Å². The van der Waals surface area contributed by atoms with Gasteiger partial charge in [0, 0.05) is 11.6 Å². The van der Waals surface area contributed by atoms with Gasteiger partial charge >= 0.3 is 0 Å². The lowest BCUT2D eigenvalue weighted by Gasteiger charge is -2.28. The van der Waals surface area contributed by atoms with Gasteiger partial charge in [-0.3, -0.25) is 0 Å². The minimum Gasteiger partial charge on any atom is -0.496 e. The van der Waals surface area contributed by atoms with Crippen molar-refractivity contribution in [3.05, 3.63) is 29.1 Å². The van der Waals surface area contributed by atoms with E-state index in [0.29, 0.717) is 5.75 Å². The van der Waals surface area contributed by atoms with Gasteiger partial charge in [-0.2, -0.15) is 0 Å². The fraction of sp³-hybridized carbons (Fsp3) is 0.571. The Balaban J connectivity index is 2.55. The number of rotatable bonds is 3. The molecule has 1 aliphatic rings. The predicted octanol–water partition coefficient (Wildman–Crippen LogP) is 3.00. The summed E-state index contributed by atoms with van der Waals surface area (Å²) in [6.07, 6.45) is 3.04. The summed E-state index contributed by atoms with van der Waals surface area (Å²) < 4.78 is 18.9. The molecule has 17 heavy (non-hydrogen) atoms. The average molecular weight is 237 g/mol. The van der Waals surface area contributed by atoms with Crippen LogP contribution in [0.3, 0.4) is 0 Å². The lowest BCUT2D eigenvalue weighted by Crippen LogP contribution is -2.34. The maximum atomic E-state index is 13.6. The quantitative estimate of drug-likeness (QED) is 0.872. The van der Waals surface area contributed by atoms with E-state index in [1.165, 1.54) is 6.07 Å². The molecule has 1 aromatic rings. The van der Waals surface area contributed by atoms with Gasteiger partial charge in [-0.15, -0.1) is 0 Å². The van der Waals surface area contributed by atoms with Crippen LogP contribution < -0.4 is 10.1 Å². The molecule has 1 aromatic carbocycles.